The smallest absolute Gasteiger partial charge is 0.301 e. The minimum atomic E-state index is -0.921. The number of aliphatic hydroxyl groups excluding tert-OH is 1. The van der Waals surface area contributed by atoms with Crippen molar-refractivity contribution in [3.05, 3.63) is 88.5 Å². The van der Waals surface area contributed by atoms with E-state index in [4.69, 9.17) is 4.74 Å². The lowest BCUT2D eigenvalue weighted by Gasteiger charge is -2.23. The van der Waals surface area contributed by atoms with Gasteiger partial charge in [0.1, 0.15) is 17.3 Å². The number of aromatic nitrogens is 1. The molecule has 1 amide bonds. The number of aromatic hydroxyl groups is 1. The largest absolute Gasteiger partial charge is 0.508 e. The molecule has 1 aromatic heterocycles. The Morgan fingerprint density at radius 2 is 1.68 bits per heavy atom. The van der Waals surface area contributed by atoms with Gasteiger partial charge in [-0.3, -0.25) is 14.5 Å². The van der Waals surface area contributed by atoms with E-state index < -0.39 is 17.7 Å². The molecule has 4 aromatic rings. The van der Waals surface area contributed by atoms with E-state index >= 15 is 0 Å². The van der Waals surface area contributed by atoms with Crippen molar-refractivity contribution in [1.29, 1.82) is 0 Å². The van der Waals surface area contributed by atoms with E-state index in [1.165, 1.54) is 28.4 Å². The maximum Gasteiger partial charge on any atom is 0.301 e. The zero-order valence-corrected chi connectivity index (χ0v) is 22.4. The molecule has 0 spiro atoms. The van der Waals surface area contributed by atoms with Crippen molar-refractivity contribution < 1.29 is 24.5 Å². The molecule has 0 saturated carbocycles. The second kappa shape index (κ2) is 9.95. The van der Waals surface area contributed by atoms with E-state index in [1.54, 1.807) is 36.4 Å². The van der Waals surface area contributed by atoms with Crippen LogP contribution in [0.25, 0.3) is 16.0 Å². The first-order valence-corrected chi connectivity index (χ1v) is 13.2. The topological polar surface area (TPSA) is 100.0 Å². The number of amides is 1. The number of aliphatic hydroxyl groups is 1. The molecule has 2 N–H and O–H groups in total. The predicted octanol–water partition coefficient (Wildman–Crippen LogP) is 6.28. The van der Waals surface area contributed by atoms with E-state index in [0.717, 1.165) is 21.3 Å². The molecule has 0 bridgehead atoms. The number of benzene rings is 3. The first kappa shape index (κ1) is 25.5. The van der Waals surface area contributed by atoms with Crippen LogP contribution in [0.4, 0.5) is 5.13 Å². The number of phenols is 1. The number of ether oxygens (including phenoxy) is 1. The molecule has 1 aliphatic heterocycles. The lowest BCUT2D eigenvalue weighted by atomic mass is 9.95. The number of fused-ring (bicyclic) bond motifs is 1. The highest BCUT2D eigenvalue weighted by Crippen LogP contribution is 2.44. The van der Waals surface area contributed by atoms with E-state index in [0.29, 0.717) is 34.5 Å². The van der Waals surface area contributed by atoms with Crippen LogP contribution in [-0.2, 0) is 9.59 Å². The molecule has 3 aromatic carbocycles. The van der Waals surface area contributed by atoms with Gasteiger partial charge < -0.3 is 14.9 Å². The highest BCUT2D eigenvalue weighted by atomic mass is 32.1. The van der Waals surface area contributed by atoms with Gasteiger partial charge in [-0.15, -0.1) is 0 Å². The number of carbonyl (C=O) groups excluding carboxylic acids is 2. The summed E-state index contributed by atoms with van der Waals surface area (Å²) in [5.41, 5.74) is 3.82. The number of Topliss-reactive ketones (excluding diaryl/α,β-unsaturated/α-hetero) is 1. The van der Waals surface area contributed by atoms with Gasteiger partial charge >= 0.3 is 5.91 Å². The molecule has 1 saturated heterocycles. The lowest BCUT2D eigenvalue weighted by Crippen LogP contribution is -2.29. The lowest BCUT2D eigenvalue weighted by molar-refractivity contribution is -0.132. The summed E-state index contributed by atoms with van der Waals surface area (Å²) in [7, 11) is 0. The van der Waals surface area contributed by atoms with Crippen LogP contribution in [0.5, 0.6) is 11.5 Å². The van der Waals surface area contributed by atoms with Crippen LogP contribution < -0.4 is 9.64 Å². The molecule has 1 unspecified atom stereocenters. The summed E-state index contributed by atoms with van der Waals surface area (Å²) in [5, 5.41) is 21.6. The number of carbonyl (C=O) groups is 2. The van der Waals surface area contributed by atoms with E-state index in [-0.39, 0.29) is 17.1 Å². The van der Waals surface area contributed by atoms with Gasteiger partial charge in [-0.2, -0.15) is 0 Å². The second-order valence-electron chi connectivity index (χ2n) is 9.89. The number of phenolic OH excluding ortho intramolecular Hbond substituents is 1. The third kappa shape index (κ3) is 4.63. The van der Waals surface area contributed by atoms with E-state index in [1.807, 2.05) is 26.0 Å². The van der Waals surface area contributed by atoms with Gasteiger partial charge in [-0.1, -0.05) is 37.3 Å². The van der Waals surface area contributed by atoms with Crippen molar-refractivity contribution in [1.82, 2.24) is 4.98 Å². The summed E-state index contributed by atoms with van der Waals surface area (Å²) in [6.45, 7) is 8.66. The molecule has 8 heteroatoms. The standard InChI is InChI=1S/C30H28N2O5S/c1-16(2)15-37-22-11-7-20(8-12-22)27(34)25-26(19-5-9-21(33)10-6-19)32(29(36)28(25)35)30-31-23-13-17(3)18(4)14-24(23)38-30/h5-14,16,26,33-34H,15H2,1-4H3/b27-25+. The molecule has 5 rings (SSSR count). The van der Waals surface area contributed by atoms with Crippen LogP contribution in [0.1, 0.15) is 42.1 Å². The van der Waals surface area contributed by atoms with Crippen molar-refractivity contribution in [2.75, 3.05) is 11.5 Å². The number of hydrogen-bond acceptors (Lipinski definition) is 7. The molecule has 0 radical (unpaired) electrons. The molecule has 2 heterocycles. The molecular weight excluding hydrogens is 500 g/mol. The van der Waals surface area contributed by atoms with Crippen molar-refractivity contribution in [2.45, 2.75) is 33.7 Å². The number of aryl methyl sites for hydroxylation is 2. The van der Waals surface area contributed by atoms with Gasteiger partial charge in [-0.25, -0.2) is 4.98 Å². The fraction of sp³-hybridized carbons (Fsp3) is 0.233. The minimum Gasteiger partial charge on any atom is -0.508 e. The first-order chi connectivity index (χ1) is 18.1. The maximum absolute atomic E-state index is 13.4. The number of nitrogens with zero attached hydrogens (tertiary/aromatic N) is 2. The van der Waals surface area contributed by atoms with E-state index in [2.05, 4.69) is 18.8 Å². The average molecular weight is 529 g/mol. The zero-order chi connectivity index (χ0) is 27.1. The molecule has 194 valence electrons. The van der Waals surface area contributed by atoms with Gasteiger partial charge in [-0.05, 0) is 85.0 Å². The molecular formula is C30H28N2O5S. The summed E-state index contributed by atoms with van der Waals surface area (Å²) in [5.74, 6) is -0.798. The first-order valence-electron chi connectivity index (χ1n) is 12.3. The van der Waals surface area contributed by atoms with Gasteiger partial charge in [0.25, 0.3) is 5.78 Å². The number of anilines is 1. The van der Waals surface area contributed by atoms with Crippen molar-refractivity contribution >= 4 is 44.1 Å². The Labute approximate surface area is 224 Å². The van der Waals surface area contributed by atoms with Crippen molar-refractivity contribution in [2.24, 2.45) is 5.92 Å². The Hall–Kier alpha value is -4.17. The number of hydrogen-bond donors (Lipinski definition) is 2. The molecule has 38 heavy (non-hydrogen) atoms. The summed E-state index contributed by atoms with van der Waals surface area (Å²) in [6, 6.07) is 16.1. The monoisotopic (exact) mass is 528 g/mol. The van der Waals surface area contributed by atoms with Gasteiger partial charge in [0, 0.05) is 5.56 Å². The Bertz CT molecular complexity index is 1530. The van der Waals surface area contributed by atoms with Gasteiger partial charge in [0.2, 0.25) is 0 Å². The Morgan fingerprint density at radius 3 is 2.34 bits per heavy atom. The van der Waals surface area contributed by atoms with E-state index in [9.17, 15) is 19.8 Å². The van der Waals surface area contributed by atoms with Crippen LogP contribution in [-0.4, -0.2) is 33.5 Å². The SMILES string of the molecule is Cc1cc2nc(N3C(=O)C(=O)/C(=C(/O)c4ccc(OCC(C)C)cc4)C3c3ccc(O)cc3)sc2cc1C. The quantitative estimate of drug-likeness (QED) is 0.174. The van der Waals surface area contributed by atoms with Gasteiger partial charge in [0.05, 0.1) is 28.4 Å². The summed E-state index contributed by atoms with van der Waals surface area (Å²) in [4.78, 5) is 32.9. The summed E-state index contributed by atoms with van der Waals surface area (Å²) >= 11 is 1.32. The van der Waals surface area contributed by atoms with Crippen LogP contribution in [0, 0.1) is 19.8 Å². The van der Waals surface area contributed by atoms with Crippen molar-refractivity contribution in [3.63, 3.8) is 0 Å². The zero-order valence-electron chi connectivity index (χ0n) is 21.6. The summed E-state index contributed by atoms with van der Waals surface area (Å²) in [6.07, 6.45) is 0. The Kier molecular flexibility index (Phi) is 6.67. The highest BCUT2D eigenvalue weighted by Gasteiger charge is 2.48. The molecule has 1 atom stereocenters. The number of rotatable bonds is 6. The third-order valence-electron chi connectivity index (χ3n) is 6.56. The molecule has 0 aliphatic carbocycles. The Morgan fingerprint density at radius 1 is 1.03 bits per heavy atom. The van der Waals surface area contributed by atoms with Crippen LogP contribution in [0.2, 0.25) is 0 Å². The second-order valence-corrected chi connectivity index (χ2v) is 10.9. The van der Waals surface area contributed by atoms with Crippen LogP contribution in [0.3, 0.4) is 0 Å². The third-order valence-corrected chi connectivity index (χ3v) is 7.58. The fourth-order valence-corrected chi connectivity index (χ4v) is 5.47. The van der Waals surface area contributed by atoms with Gasteiger partial charge in [0.15, 0.2) is 5.13 Å². The van der Waals surface area contributed by atoms with Crippen molar-refractivity contribution in [3.8, 4) is 11.5 Å². The fourth-order valence-electron chi connectivity index (χ4n) is 4.40. The average Bonchev–Trinajstić information content (AvgIpc) is 3.40. The summed E-state index contributed by atoms with van der Waals surface area (Å²) < 4.78 is 6.63. The normalized spacial score (nSPS) is 17.1. The molecule has 1 fully saturated rings. The number of thiazole rings is 1. The predicted molar refractivity (Wildman–Crippen MR) is 149 cm³/mol. The van der Waals surface area contributed by atoms with Crippen LogP contribution >= 0.6 is 11.3 Å². The number of ketones is 1. The molecule has 7 nitrogen and oxygen atoms in total. The van der Waals surface area contributed by atoms with Crippen LogP contribution in [0.15, 0.2) is 66.2 Å². The highest BCUT2D eigenvalue weighted by molar-refractivity contribution is 7.22. The minimum absolute atomic E-state index is 0.0387. The molecule has 1 aliphatic rings. The maximum atomic E-state index is 13.4. The Balaban J connectivity index is 1.63.